The summed E-state index contributed by atoms with van der Waals surface area (Å²) in [6, 6.07) is 18.4. The molecule has 184 valence electrons. The zero-order valence-corrected chi connectivity index (χ0v) is 19.8. The van der Waals surface area contributed by atoms with Crippen molar-refractivity contribution in [3.8, 4) is 0 Å². The lowest BCUT2D eigenvalue weighted by Gasteiger charge is -2.18. The van der Waals surface area contributed by atoms with E-state index in [1.807, 2.05) is 0 Å². The molecular weight excluding hydrogens is 538 g/mol. The van der Waals surface area contributed by atoms with Gasteiger partial charge in [-0.25, -0.2) is 0 Å². The molecule has 10 heteroatoms. The Morgan fingerprint density at radius 1 is 0.400 bits per heavy atom. The van der Waals surface area contributed by atoms with Crippen LogP contribution in [0.2, 0.25) is 0 Å². The third kappa shape index (κ3) is 14.5. The molecule has 0 atom stereocenters. The van der Waals surface area contributed by atoms with Crippen molar-refractivity contribution in [2.75, 3.05) is 0 Å². The van der Waals surface area contributed by atoms with E-state index in [0.29, 0.717) is 0 Å². The highest BCUT2D eigenvalue weighted by atomic mass is 127. The van der Waals surface area contributed by atoms with Gasteiger partial charge in [0.05, 0.1) is 0 Å². The van der Waals surface area contributed by atoms with Gasteiger partial charge in [-0.2, -0.15) is 0 Å². The summed E-state index contributed by atoms with van der Waals surface area (Å²) in [5.74, 6) is 0. The Balaban J connectivity index is -0.0000000896. The van der Waals surface area contributed by atoms with E-state index in [1.165, 1.54) is 18.3 Å². The molecule has 0 aliphatic rings. The molecule has 0 amide bonds. The molecule has 0 aromatic heterocycles. The molecule has 0 aliphatic carbocycles. The fraction of sp³-hybridized carbons (Fsp3) is 0.400. The van der Waals surface area contributed by atoms with Crippen LogP contribution < -0.4 is 21.2 Å². The van der Waals surface area contributed by atoms with Gasteiger partial charge in [0.2, 0.25) is 0 Å². The predicted octanol–water partition coefficient (Wildman–Crippen LogP) is 3.78. The van der Waals surface area contributed by atoms with E-state index in [-0.39, 0.29) is 74.4 Å². The Kier molecular flexibility index (Phi) is 33.4. The Hall–Kier alpha value is -1.46. The van der Waals surface area contributed by atoms with Crippen molar-refractivity contribution in [2.45, 2.75) is 52.4 Å². The van der Waals surface area contributed by atoms with Crippen LogP contribution in [-0.4, -0.2) is 0 Å². The standard InChI is InChI=1S/C20H26I.9FH/c1-19(2,3)15-7-11-17(12-8-15)21-18-13-9-16(10-14-18)20(4,5)6;;;;;;;;;/h7-14H,1-6H3;9*1H/q+1;;;;;;;;;. The molecule has 0 saturated carbocycles. The van der Waals surface area contributed by atoms with E-state index in [9.17, 15) is 0 Å². The van der Waals surface area contributed by atoms with Crippen LogP contribution in [0.25, 0.3) is 0 Å². The highest BCUT2D eigenvalue weighted by molar-refractivity contribution is 5.23. The van der Waals surface area contributed by atoms with E-state index in [2.05, 4.69) is 90.1 Å². The Labute approximate surface area is 182 Å². The van der Waals surface area contributed by atoms with Gasteiger partial charge in [-0.15, -0.1) is 0 Å². The van der Waals surface area contributed by atoms with Crippen molar-refractivity contribution >= 4 is 0 Å². The molecule has 0 fully saturated rings. The van der Waals surface area contributed by atoms with E-state index < -0.39 is 0 Å². The number of hydrogen-bond donors (Lipinski definition) is 0. The van der Waals surface area contributed by atoms with Gasteiger partial charge in [0, 0.05) is 0 Å². The predicted molar refractivity (Wildman–Crippen MR) is 110 cm³/mol. The summed E-state index contributed by atoms with van der Waals surface area (Å²) in [5, 5.41) is 0. The van der Waals surface area contributed by atoms with Gasteiger partial charge in [-0.3, -0.25) is 42.3 Å². The number of rotatable bonds is 2. The summed E-state index contributed by atoms with van der Waals surface area (Å²) < 4.78 is 2.98. The third-order valence-corrected chi connectivity index (χ3v) is 6.32. The van der Waals surface area contributed by atoms with Crippen molar-refractivity contribution in [3.05, 3.63) is 66.8 Å². The van der Waals surface area contributed by atoms with E-state index in [1.54, 1.807) is 0 Å². The van der Waals surface area contributed by atoms with Crippen molar-refractivity contribution in [3.63, 3.8) is 0 Å². The lowest BCUT2D eigenvalue weighted by Crippen LogP contribution is -3.61. The zero-order valence-electron chi connectivity index (χ0n) is 17.7. The summed E-state index contributed by atoms with van der Waals surface area (Å²) in [6.07, 6.45) is 0. The summed E-state index contributed by atoms with van der Waals surface area (Å²) in [7, 11) is 0. The van der Waals surface area contributed by atoms with Crippen molar-refractivity contribution in [1.82, 2.24) is 0 Å². The average molecular weight is 573 g/mol. The molecule has 0 N–H and O–H groups in total. The van der Waals surface area contributed by atoms with Gasteiger partial charge >= 0.3 is 21.2 Å². The lowest BCUT2D eigenvalue weighted by atomic mass is 9.87. The average Bonchev–Trinajstić information content (AvgIpc) is 2.38. The maximum atomic E-state index is 2.31. The lowest BCUT2D eigenvalue weighted by molar-refractivity contribution is -0.597. The zero-order chi connectivity index (χ0) is 15.7. The van der Waals surface area contributed by atoms with Gasteiger partial charge in [-0.05, 0) is 46.2 Å². The van der Waals surface area contributed by atoms with Gasteiger partial charge < -0.3 is 0 Å². The molecule has 0 saturated heterocycles. The van der Waals surface area contributed by atoms with Gasteiger partial charge in [-0.1, -0.05) is 65.8 Å². The molecule has 0 bridgehead atoms. The van der Waals surface area contributed by atoms with Crippen LogP contribution in [0, 0.1) is 7.14 Å². The Morgan fingerprint density at radius 3 is 0.767 bits per heavy atom. The van der Waals surface area contributed by atoms with E-state index >= 15 is 0 Å². The van der Waals surface area contributed by atoms with Crippen LogP contribution in [0.4, 0.5) is 42.3 Å². The monoisotopic (exact) mass is 573 g/mol. The Morgan fingerprint density at radius 2 is 0.600 bits per heavy atom. The van der Waals surface area contributed by atoms with Crippen LogP contribution >= 0.6 is 0 Å². The first-order valence-electron chi connectivity index (χ1n) is 7.52. The molecule has 0 radical (unpaired) electrons. The highest BCUT2D eigenvalue weighted by Gasteiger charge is 2.20. The van der Waals surface area contributed by atoms with Crippen molar-refractivity contribution < 1.29 is 63.5 Å². The van der Waals surface area contributed by atoms with E-state index in [4.69, 9.17) is 0 Å². The second kappa shape index (κ2) is 19.5. The summed E-state index contributed by atoms with van der Waals surface area (Å²) in [6.45, 7) is 13.6. The number of halogens is 10. The molecule has 0 unspecified atom stereocenters. The molecule has 2 aromatic rings. The van der Waals surface area contributed by atoms with Crippen LogP contribution in [0.15, 0.2) is 48.5 Å². The molecule has 2 rings (SSSR count). The fourth-order valence-corrected chi connectivity index (χ4v) is 4.31. The SMILES string of the molecule is CC(C)(C)c1ccc([I+]c2ccc(C(C)(C)C)cc2)cc1.F.F.F.F.F.F.F.F.F. The minimum Gasteiger partial charge on any atom is -0.269 e. The summed E-state index contributed by atoms with van der Waals surface area (Å²) >= 11 is -0.0703. The second-order valence-electron chi connectivity index (χ2n) is 7.61. The Bertz CT molecular complexity index is 549. The molecular formula is C20H35F9I+. The highest BCUT2D eigenvalue weighted by Crippen LogP contribution is 2.21. The molecule has 0 spiro atoms. The van der Waals surface area contributed by atoms with Crippen LogP contribution in [0.1, 0.15) is 52.7 Å². The molecule has 2 aromatic carbocycles. The largest absolute Gasteiger partial charge is 0.357 e. The minimum atomic E-state index is -0.0703. The van der Waals surface area contributed by atoms with Crippen LogP contribution in [0.3, 0.4) is 0 Å². The first-order chi connectivity index (χ1) is 9.66. The summed E-state index contributed by atoms with van der Waals surface area (Å²) in [5.41, 5.74) is 3.31. The molecule has 0 heterocycles. The fourth-order valence-electron chi connectivity index (χ4n) is 2.15. The smallest absolute Gasteiger partial charge is 0.269 e. The normalized spacial score (nSPS) is 8.73. The van der Waals surface area contributed by atoms with Crippen LogP contribution in [-0.2, 0) is 10.8 Å². The molecule has 0 aliphatic heterocycles. The third-order valence-electron chi connectivity index (χ3n) is 3.64. The van der Waals surface area contributed by atoms with Crippen molar-refractivity contribution in [1.29, 1.82) is 0 Å². The molecule has 30 heavy (non-hydrogen) atoms. The summed E-state index contributed by atoms with van der Waals surface area (Å²) in [4.78, 5) is 0. The van der Waals surface area contributed by atoms with Gasteiger partial charge in [0.25, 0.3) is 0 Å². The van der Waals surface area contributed by atoms with E-state index in [0.717, 1.165) is 0 Å². The van der Waals surface area contributed by atoms with Gasteiger partial charge in [0.15, 0.2) is 7.14 Å². The minimum absolute atomic E-state index is 0. The van der Waals surface area contributed by atoms with Gasteiger partial charge in [0.1, 0.15) is 0 Å². The first-order valence-corrected chi connectivity index (χ1v) is 9.68. The second-order valence-corrected chi connectivity index (χ2v) is 10.6. The maximum absolute atomic E-state index is 2.31. The quantitative estimate of drug-likeness (QED) is 0.379. The maximum Gasteiger partial charge on any atom is 0.357 e. The topological polar surface area (TPSA) is 0 Å². The number of benzene rings is 2. The van der Waals surface area contributed by atoms with Crippen LogP contribution in [0.5, 0.6) is 0 Å². The molecule has 0 nitrogen and oxygen atoms in total. The number of hydrogen-bond acceptors (Lipinski definition) is 0. The van der Waals surface area contributed by atoms with Crippen molar-refractivity contribution in [2.24, 2.45) is 0 Å². The first kappa shape index (κ1) is 51.3.